The molecule has 1 N–H and O–H groups in total. The van der Waals surface area contributed by atoms with Crippen LogP contribution in [0.5, 0.6) is 0 Å². The van der Waals surface area contributed by atoms with Crippen molar-refractivity contribution in [2.75, 3.05) is 13.1 Å². The summed E-state index contributed by atoms with van der Waals surface area (Å²) in [6, 6.07) is 5.38. The maximum absolute atomic E-state index is 13.0. The molecule has 4 nitrogen and oxygen atoms in total. The average molecular weight is 383 g/mol. The van der Waals surface area contributed by atoms with Crippen molar-refractivity contribution in [3.63, 3.8) is 0 Å². The molecule has 0 unspecified atom stereocenters. The van der Waals surface area contributed by atoms with Crippen LogP contribution in [0.25, 0.3) is 0 Å². The highest BCUT2D eigenvalue weighted by Gasteiger charge is 2.35. The van der Waals surface area contributed by atoms with Gasteiger partial charge in [-0.25, -0.2) is 0 Å². The second-order valence-electron chi connectivity index (χ2n) is 7.63. The number of halogens is 3. The summed E-state index contributed by atoms with van der Waals surface area (Å²) in [6.45, 7) is 1.05. The fourth-order valence-corrected chi connectivity index (χ4v) is 4.26. The number of amides is 1. The summed E-state index contributed by atoms with van der Waals surface area (Å²) in [7, 11) is 0. The van der Waals surface area contributed by atoms with Gasteiger partial charge in [-0.3, -0.25) is 9.59 Å². The molecule has 2 aliphatic rings. The van der Waals surface area contributed by atoms with E-state index in [1.54, 1.807) is 11.0 Å². The normalized spacial score (nSPS) is 26.6. The number of likely N-dealkylation sites (tertiary alicyclic amines) is 1. The number of hydrogen-bond donors (Lipinski definition) is 1. The Hall–Kier alpha value is -2.05. The number of benzene rings is 1. The zero-order chi connectivity index (χ0) is 19.6. The summed E-state index contributed by atoms with van der Waals surface area (Å²) in [4.78, 5) is 25.7. The Labute approximate surface area is 156 Å². The van der Waals surface area contributed by atoms with Crippen LogP contribution in [0.4, 0.5) is 13.2 Å². The Morgan fingerprint density at radius 2 is 1.70 bits per heavy atom. The van der Waals surface area contributed by atoms with Gasteiger partial charge in [0.2, 0.25) is 5.91 Å². The van der Waals surface area contributed by atoms with Crippen molar-refractivity contribution >= 4 is 11.9 Å². The van der Waals surface area contributed by atoms with Crippen molar-refractivity contribution in [3.05, 3.63) is 35.4 Å². The van der Waals surface area contributed by atoms with Crippen LogP contribution >= 0.6 is 0 Å². The van der Waals surface area contributed by atoms with E-state index in [0.29, 0.717) is 44.3 Å². The van der Waals surface area contributed by atoms with Gasteiger partial charge in [0.15, 0.2) is 0 Å². The maximum Gasteiger partial charge on any atom is 0.416 e. The van der Waals surface area contributed by atoms with E-state index in [1.807, 2.05) is 0 Å². The molecule has 1 heterocycles. The molecule has 0 radical (unpaired) electrons. The van der Waals surface area contributed by atoms with Crippen LogP contribution in [0.3, 0.4) is 0 Å². The number of carboxylic acids is 1. The van der Waals surface area contributed by atoms with Crippen molar-refractivity contribution in [1.82, 2.24) is 4.90 Å². The molecule has 0 bridgehead atoms. The molecule has 1 aliphatic carbocycles. The summed E-state index contributed by atoms with van der Waals surface area (Å²) in [5, 5.41) is 9.08. The molecule has 0 spiro atoms. The smallest absolute Gasteiger partial charge is 0.416 e. The highest BCUT2D eigenvalue weighted by Crippen LogP contribution is 2.35. The first kappa shape index (κ1) is 19.7. The lowest BCUT2D eigenvalue weighted by Crippen LogP contribution is -2.43. The van der Waals surface area contributed by atoms with Gasteiger partial charge < -0.3 is 10.0 Å². The Morgan fingerprint density at radius 3 is 2.33 bits per heavy atom. The second kappa shape index (κ2) is 7.90. The van der Waals surface area contributed by atoms with Crippen LogP contribution in [0.2, 0.25) is 0 Å². The number of carbonyl (C=O) groups excluding carboxylic acids is 1. The van der Waals surface area contributed by atoms with Gasteiger partial charge in [-0.2, -0.15) is 13.2 Å². The Morgan fingerprint density at radius 1 is 1.04 bits per heavy atom. The minimum absolute atomic E-state index is 0.0236. The van der Waals surface area contributed by atoms with Gasteiger partial charge in [-0.05, 0) is 50.2 Å². The van der Waals surface area contributed by atoms with Gasteiger partial charge in [0, 0.05) is 24.9 Å². The standard InChI is InChI=1S/C20H24F3NO3/c21-20(22,23)17-5-1-3-15(11-17)16-4-2-10-24(12-16)18(25)13-6-8-14(9-7-13)19(26)27/h1,3,5,11,13-14,16H,2,4,6-10,12H2,(H,26,27)/t13?,14?,16-/m0/s1. The number of rotatable bonds is 3. The lowest BCUT2D eigenvalue weighted by Gasteiger charge is -2.36. The minimum atomic E-state index is -4.37. The predicted octanol–water partition coefficient (Wildman–Crippen LogP) is 4.30. The van der Waals surface area contributed by atoms with Crippen molar-refractivity contribution in [1.29, 1.82) is 0 Å². The van der Waals surface area contributed by atoms with Crippen molar-refractivity contribution in [2.24, 2.45) is 11.8 Å². The van der Waals surface area contributed by atoms with E-state index < -0.39 is 17.7 Å². The molecule has 7 heteroatoms. The number of nitrogens with zero attached hydrogens (tertiary/aromatic N) is 1. The minimum Gasteiger partial charge on any atom is -0.481 e. The quantitative estimate of drug-likeness (QED) is 0.847. The summed E-state index contributed by atoms with van der Waals surface area (Å²) in [6.07, 6.45) is -0.689. The predicted molar refractivity (Wildman–Crippen MR) is 93.1 cm³/mol. The molecular formula is C20H24F3NO3. The fourth-order valence-electron chi connectivity index (χ4n) is 4.26. The molecule has 3 rings (SSSR count). The van der Waals surface area contributed by atoms with Gasteiger partial charge in [-0.1, -0.05) is 18.2 Å². The largest absolute Gasteiger partial charge is 0.481 e. The number of carbonyl (C=O) groups is 2. The molecule has 1 atom stereocenters. The molecule has 1 aliphatic heterocycles. The van der Waals surface area contributed by atoms with Crippen LogP contribution in [0.1, 0.15) is 55.6 Å². The van der Waals surface area contributed by atoms with Crippen molar-refractivity contribution in [3.8, 4) is 0 Å². The summed E-state index contributed by atoms with van der Waals surface area (Å²) in [5.74, 6) is -1.41. The van der Waals surface area contributed by atoms with E-state index in [0.717, 1.165) is 18.9 Å². The molecule has 1 amide bonds. The highest BCUT2D eigenvalue weighted by atomic mass is 19.4. The molecule has 27 heavy (non-hydrogen) atoms. The van der Waals surface area contributed by atoms with Crippen LogP contribution < -0.4 is 0 Å². The van der Waals surface area contributed by atoms with E-state index in [9.17, 15) is 22.8 Å². The van der Waals surface area contributed by atoms with Crippen LogP contribution in [-0.4, -0.2) is 35.0 Å². The topological polar surface area (TPSA) is 57.6 Å². The number of aliphatic carboxylic acids is 1. The number of carboxylic acid groups (broad SMARTS) is 1. The van der Waals surface area contributed by atoms with Gasteiger partial charge in [0.05, 0.1) is 11.5 Å². The fraction of sp³-hybridized carbons (Fsp3) is 0.600. The van der Waals surface area contributed by atoms with E-state index in [2.05, 4.69) is 0 Å². The first-order valence-corrected chi connectivity index (χ1v) is 9.44. The SMILES string of the molecule is O=C(O)C1CCC(C(=O)N2CCC[C@H](c3cccc(C(F)(F)F)c3)C2)CC1. The monoisotopic (exact) mass is 383 g/mol. The third-order valence-corrected chi connectivity index (χ3v) is 5.84. The number of alkyl halides is 3. The third kappa shape index (κ3) is 4.62. The maximum atomic E-state index is 13.0. The van der Waals surface area contributed by atoms with Crippen LogP contribution in [-0.2, 0) is 15.8 Å². The summed E-state index contributed by atoms with van der Waals surface area (Å²) < 4.78 is 38.9. The molecule has 0 aromatic heterocycles. The van der Waals surface area contributed by atoms with Gasteiger partial charge in [-0.15, -0.1) is 0 Å². The lowest BCUT2D eigenvalue weighted by molar-refractivity contribution is -0.146. The lowest BCUT2D eigenvalue weighted by atomic mass is 9.80. The molecule has 1 aromatic rings. The van der Waals surface area contributed by atoms with Gasteiger partial charge >= 0.3 is 12.1 Å². The van der Waals surface area contributed by atoms with Crippen LogP contribution in [0.15, 0.2) is 24.3 Å². The van der Waals surface area contributed by atoms with E-state index >= 15 is 0 Å². The molecule has 1 saturated heterocycles. The first-order chi connectivity index (χ1) is 12.8. The molecule has 2 fully saturated rings. The van der Waals surface area contributed by atoms with E-state index in [-0.39, 0.29) is 23.7 Å². The van der Waals surface area contributed by atoms with Crippen molar-refractivity contribution < 1.29 is 27.9 Å². The summed E-state index contributed by atoms with van der Waals surface area (Å²) in [5.41, 5.74) is -0.0349. The van der Waals surface area contributed by atoms with Crippen molar-refractivity contribution in [2.45, 2.75) is 50.6 Å². The van der Waals surface area contributed by atoms with Crippen LogP contribution in [0, 0.1) is 11.8 Å². The number of piperidine rings is 1. The number of hydrogen-bond acceptors (Lipinski definition) is 2. The Balaban J connectivity index is 1.64. The Kier molecular flexibility index (Phi) is 5.77. The highest BCUT2D eigenvalue weighted by molar-refractivity contribution is 5.79. The summed E-state index contributed by atoms with van der Waals surface area (Å²) >= 11 is 0. The van der Waals surface area contributed by atoms with Gasteiger partial charge in [0.1, 0.15) is 0 Å². The Bertz CT molecular complexity index is 696. The van der Waals surface area contributed by atoms with Gasteiger partial charge in [0.25, 0.3) is 0 Å². The molecular weight excluding hydrogens is 359 g/mol. The second-order valence-corrected chi connectivity index (χ2v) is 7.63. The zero-order valence-electron chi connectivity index (χ0n) is 15.0. The third-order valence-electron chi connectivity index (χ3n) is 5.84. The molecule has 1 saturated carbocycles. The average Bonchev–Trinajstić information content (AvgIpc) is 2.67. The zero-order valence-corrected chi connectivity index (χ0v) is 15.0. The molecule has 1 aromatic carbocycles. The van der Waals surface area contributed by atoms with E-state index in [1.165, 1.54) is 12.1 Å². The molecule has 148 valence electrons. The first-order valence-electron chi connectivity index (χ1n) is 9.44. The van der Waals surface area contributed by atoms with E-state index in [4.69, 9.17) is 5.11 Å².